The highest BCUT2D eigenvalue weighted by Gasteiger charge is 2.32. The van der Waals surface area contributed by atoms with E-state index in [0.717, 1.165) is 13.0 Å². The first-order valence-corrected chi connectivity index (χ1v) is 4.83. The molecule has 76 valence electrons. The molecule has 0 aromatic carbocycles. The van der Waals surface area contributed by atoms with Crippen LogP contribution >= 0.6 is 0 Å². The fraction of sp³-hybridized carbons (Fsp3) is 0.889. The summed E-state index contributed by atoms with van der Waals surface area (Å²) in [5, 5.41) is 8.65. The van der Waals surface area contributed by atoms with Gasteiger partial charge in [-0.2, -0.15) is 0 Å². The number of carbonyl (C=O) groups excluding carboxylic acids is 1. The van der Waals surface area contributed by atoms with E-state index in [1.54, 1.807) is 4.90 Å². The third-order valence-corrected chi connectivity index (χ3v) is 2.61. The molecule has 1 N–H and O–H groups in total. The number of aliphatic hydroxyl groups excluding tert-OH is 1. The maximum atomic E-state index is 11.6. The van der Waals surface area contributed by atoms with Crippen LogP contribution < -0.4 is 0 Å². The molecule has 1 atom stereocenters. The van der Waals surface area contributed by atoms with Crippen molar-refractivity contribution in [3.05, 3.63) is 0 Å². The lowest BCUT2D eigenvalue weighted by atomic mass is 10.2. The van der Waals surface area contributed by atoms with Gasteiger partial charge in [-0.3, -0.25) is 0 Å². The number of amides is 2. The summed E-state index contributed by atoms with van der Waals surface area (Å²) in [7, 11) is 1.84. The molecule has 4 heteroatoms. The van der Waals surface area contributed by atoms with Crippen molar-refractivity contribution in [1.82, 2.24) is 9.80 Å². The summed E-state index contributed by atoms with van der Waals surface area (Å²) in [5.41, 5.74) is 0. The smallest absolute Gasteiger partial charge is 0.320 e. The second-order valence-corrected chi connectivity index (χ2v) is 3.48. The molecule has 0 spiro atoms. The van der Waals surface area contributed by atoms with Crippen molar-refractivity contribution in [3.8, 4) is 0 Å². The SMILES string of the molecule is CCC1CN(CCCO)C(=O)N1C. The predicted molar refractivity (Wildman–Crippen MR) is 50.5 cm³/mol. The van der Waals surface area contributed by atoms with Crippen LogP contribution in [0.3, 0.4) is 0 Å². The summed E-state index contributed by atoms with van der Waals surface area (Å²) in [4.78, 5) is 15.1. The van der Waals surface area contributed by atoms with Crippen LogP contribution in [0.1, 0.15) is 19.8 Å². The second kappa shape index (κ2) is 4.46. The average Bonchev–Trinajstić information content (AvgIpc) is 2.41. The summed E-state index contributed by atoms with van der Waals surface area (Å²) >= 11 is 0. The molecule has 0 radical (unpaired) electrons. The molecular weight excluding hydrogens is 168 g/mol. The summed E-state index contributed by atoms with van der Waals surface area (Å²) in [6.45, 7) is 3.73. The molecule has 1 heterocycles. The Morgan fingerprint density at radius 3 is 2.77 bits per heavy atom. The van der Waals surface area contributed by atoms with Crippen molar-refractivity contribution in [2.45, 2.75) is 25.8 Å². The van der Waals surface area contributed by atoms with Gasteiger partial charge in [-0.1, -0.05) is 6.92 Å². The van der Waals surface area contributed by atoms with Crippen LogP contribution in [0.2, 0.25) is 0 Å². The number of aliphatic hydroxyl groups is 1. The fourth-order valence-corrected chi connectivity index (χ4v) is 1.69. The zero-order valence-electron chi connectivity index (χ0n) is 8.36. The summed E-state index contributed by atoms with van der Waals surface area (Å²) in [6.07, 6.45) is 1.67. The van der Waals surface area contributed by atoms with E-state index in [1.807, 2.05) is 11.9 Å². The number of hydrogen-bond acceptors (Lipinski definition) is 2. The molecule has 13 heavy (non-hydrogen) atoms. The van der Waals surface area contributed by atoms with Gasteiger partial charge in [0.2, 0.25) is 0 Å². The van der Waals surface area contributed by atoms with Gasteiger partial charge in [0, 0.05) is 26.7 Å². The van der Waals surface area contributed by atoms with Crippen molar-refractivity contribution in [2.75, 3.05) is 26.7 Å². The lowest BCUT2D eigenvalue weighted by Gasteiger charge is -2.15. The predicted octanol–water partition coefficient (Wildman–Crippen LogP) is 0.515. The number of rotatable bonds is 4. The van der Waals surface area contributed by atoms with Gasteiger partial charge in [0.1, 0.15) is 0 Å². The summed E-state index contributed by atoms with van der Waals surface area (Å²) in [5.74, 6) is 0. The van der Waals surface area contributed by atoms with Crippen LogP contribution in [-0.4, -0.2) is 53.7 Å². The summed E-state index contributed by atoms with van der Waals surface area (Å²) < 4.78 is 0. The van der Waals surface area contributed by atoms with Crippen LogP contribution in [0.4, 0.5) is 4.79 Å². The van der Waals surface area contributed by atoms with E-state index >= 15 is 0 Å². The monoisotopic (exact) mass is 186 g/mol. The van der Waals surface area contributed by atoms with Crippen molar-refractivity contribution in [3.63, 3.8) is 0 Å². The zero-order chi connectivity index (χ0) is 9.84. The van der Waals surface area contributed by atoms with E-state index in [-0.39, 0.29) is 12.6 Å². The third-order valence-electron chi connectivity index (χ3n) is 2.61. The zero-order valence-corrected chi connectivity index (χ0v) is 8.36. The molecule has 1 unspecified atom stereocenters. The molecule has 1 rings (SSSR count). The molecule has 0 aromatic heterocycles. The van der Waals surface area contributed by atoms with Crippen LogP contribution in [0, 0.1) is 0 Å². The quantitative estimate of drug-likeness (QED) is 0.695. The molecule has 0 bridgehead atoms. The van der Waals surface area contributed by atoms with Crippen molar-refractivity contribution in [1.29, 1.82) is 0 Å². The number of urea groups is 1. The van der Waals surface area contributed by atoms with E-state index in [9.17, 15) is 4.79 Å². The first-order chi connectivity index (χ1) is 6.20. The van der Waals surface area contributed by atoms with Gasteiger partial charge in [0.05, 0.1) is 6.04 Å². The van der Waals surface area contributed by atoms with Crippen LogP contribution in [0.15, 0.2) is 0 Å². The maximum Gasteiger partial charge on any atom is 0.320 e. The van der Waals surface area contributed by atoms with E-state index in [2.05, 4.69) is 6.92 Å². The maximum absolute atomic E-state index is 11.6. The highest BCUT2D eigenvalue weighted by Crippen LogP contribution is 2.16. The Morgan fingerprint density at radius 2 is 2.31 bits per heavy atom. The topological polar surface area (TPSA) is 43.8 Å². The van der Waals surface area contributed by atoms with Crippen molar-refractivity contribution in [2.24, 2.45) is 0 Å². The lowest BCUT2D eigenvalue weighted by molar-refractivity contribution is 0.190. The Labute approximate surface area is 79.1 Å². The van der Waals surface area contributed by atoms with Crippen molar-refractivity contribution < 1.29 is 9.90 Å². The number of hydrogen-bond donors (Lipinski definition) is 1. The number of carbonyl (C=O) groups is 1. The molecule has 1 fully saturated rings. The normalized spacial score (nSPS) is 23.0. The fourth-order valence-electron chi connectivity index (χ4n) is 1.69. The van der Waals surface area contributed by atoms with E-state index in [1.165, 1.54) is 0 Å². The molecule has 1 aliphatic rings. The lowest BCUT2D eigenvalue weighted by Crippen LogP contribution is -2.31. The third kappa shape index (κ3) is 2.12. The molecule has 0 aliphatic carbocycles. The van der Waals surface area contributed by atoms with Crippen LogP contribution in [-0.2, 0) is 0 Å². The van der Waals surface area contributed by atoms with Gasteiger partial charge in [-0.25, -0.2) is 4.79 Å². The Balaban J connectivity index is 2.45. The largest absolute Gasteiger partial charge is 0.396 e. The van der Waals surface area contributed by atoms with Gasteiger partial charge >= 0.3 is 6.03 Å². The van der Waals surface area contributed by atoms with Crippen LogP contribution in [0.25, 0.3) is 0 Å². The van der Waals surface area contributed by atoms with E-state index in [0.29, 0.717) is 19.0 Å². The van der Waals surface area contributed by atoms with Crippen molar-refractivity contribution >= 4 is 6.03 Å². The van der Waals surface area contributed by atoms with Crippen LogP contribution in [0.5, 0.6) is 0 Å². The molecule has 0 aromatic rings. The first kappa shape index (κ1) is 10.3. The molecule has 0 saturated carbocycles. The Bertz CT molecular complexity index is 184. The Hall–Kier alpha value is -0.770. The first-order valence-electron chi connectivity index (χ1n) is 4.83. The average molecular weight is 186 g/mol. The Morgan fingerprint density at radius 1 is 1.62 bits per heavy atom. The van der Waals surface area contributed by atoms with E-state index < -0.39 is 0 Å². The molecule has 4 nitrogen and oxygen atoms in total. The van der Waals surface area contributed by atoms with E-state index in [4.69, 9.17) is 5.11 Å². The van der Waals surface area contributed by atoms with Gasteiger partial charge in [-0.05, 0) is 12.8 Å². The van der Waals surface area contributed by atoms with Gasteiger partial charge in [-0.15, -0.1) is 0 Å². The highest BCUT2D eigenvalue weighted by atomic mass is 16.3. The number of nitrogens with zero attached hydrogens (tertiary/aromatic N) is 2. The van der Waals surface area contributed by atoms with Gasteiger partial charge < -0.3 is 14.9 Å². The van der Waals surface area contributed by atoms with Gasteiger partial charge in [0.15, 0.2) is 0 Å². The second-order valence-electron chi connectivity index (χ2n) is 3.48. The highest BCUT2D eigenvalue weighted by molar-refractivity contribution is 5.76. The molecule has 1 aliphatic heterocycles. The standard InChI is InChI=1S/C9H18N2O2/c1-3-8-7-11(5-4-6-12)9(13)10(8)2/h8,12H,3-7H2,1-2H3. The Kier molecular flexibility index (Phi) is 3.54. The molecule has 1 saturated heterocycles. The minimum absolute atomic E-state index is 0.0975. The summed E-state index contributed by atoms with van der Waals surface area (Å²) in [6, 6.07) is 0.450. The molecule has 2 amide bonds. The molecular formula is C9H18N2O2. The minimum atomic E-state index is 0.0975. The minimum Gasteiger partial charge on any atom is -0.396 e. The van der Waals surface area contributed by atoms with Gasteiger partial charge in [0.25, 0.3) is 0 Å². The number of likely N-dealkylation sites (N-methyl/N-ethyl adjacent to an activating group) is 1.